The smallest absolute Gasteiger partial charge is 0.355 e. The van der Waals surface area contributed by atoms with E-state index in [2.05, 4.69) is 26.8 Å². The number of methoxy groups -OCH3 is 1. The molecule has 1 atom stereocenters. The van der Waals surface area contributed by atoms with Crippen molar-refractivity contribution in [3.05, 3.63) is 41.7 Å². The topological polar surface area (TPSA) is 115 Å². The number of rotatable bonds is 4. The fourth-order valence-corrected chi connectivity index (χ4v) is 2.36. The first kappa shape index (κ1) is 14.6. The average Bonchev–Trinajstić information content (AvgIpc) is 3.25. The zero-order valence-electron chi connectivity index (χ0n) is 12.2. The lowest BCUT2D eigenvalue weighted by Crippen LogP contribution is -2.44. The van der Waals surface area contributed by atoms with Crippen LogP contribution in [0.5, 0.6) is 0 Å². The number of nitrogens with zero attached hydrogens (tertiary/aromatic N) is 6. The van der Waals surface area contributed by atoms with Gasteiger partial charge >= 0.3 is 5.97 Å². The first-order valence-electron chi connectivity index (χ1n) is 6.72. The van der Waals surface area contributed by atoms with E-state index in [1.54, 1.807) is 24.3 Å². The molecule has 0 amide bonds. The molecule has 1 aromatic heterocycles. The van der Waals surface area contributed by atoms with E-state index in [9.17, 15) is 4.79 Å². The molecular weight excluding hydrogens is 300 g/mol. The van der Waals surface area contributed by atoms with Crippen LogP contribution in [-0.2, 0) is 20.9 Å². The summed E-state index contributed by atoms with van der Waals surface area (Å²) in [6.07, 6.45) is 1.57. The van der Waals surface area contributed by atoms with Crippen molar-refractivity contribution in [2.75, 3.05) is 7.11 Å². The molecule has 0 saturated carbocycles. The SMILES string of the molecule is COC(=O)C1(Cn2cnnn2)CC(c2cccc(C#N)c2)=NO1. The number of tetrazole rings is 1. The Morgan fingerprint density at radius 1 is 1.57 bits per heavy atom. The summed E-state index contributed by atoms with van der Waals surface area (Å²) in [6, 6.07) is 8.98. The van der Waals surface area contributed by atoms with Crippen LogP contribution in [0, 0.1) is 11.3 Å². The van der Waals surface area contributed by atoms with Crippen LogP contribution in [0.1, 0.15) is 17.5 Å². The highest BCUT2D eigenvalue weighted by atomic mass is 16.7. The molecule has 0 bridgehead atoms. The number of ether oxygens (including phenoxy) is 1. The summed E-state index contributed by atoms with van der Waals surface area (Å²) in [5, 5.41) is 23.8. The van der Waals surface area contributed by atoms with Gasteiger partial charge in [-0.2, -0.15) is 5.26 Å². The van der Waals surface area contributed by atoms with E-state index < -0.39 is 11.6 Å². The van der Waals surface area contributed by atoms with Crippen molar-refractivity contribution < 1.29 is 14.4 Å². The molecule has 116 valence electrons. The number of oxime groups is 1. The molecule has 9 heteroatoms. The molecule has 9 nitrogen and oxygen atoms in total. The second kappa shape index (κ2) is 5.84. The summed E-state index contributed by atoms with van der Waals surface area (Å²) in [5.41, 5.74) is 0.440. The molecule has 0 N–H and O–H groups in total. The van der Waals surface area contributed by atoms with Gasteiger partial charge in [-0.05, 0) is 22.6 Å². The Labute approximate surface area is 131 Å². The van der Waals surface area contributed by atoms with Gasteiger partial charge < -0.3 is 9.57 Å². The Kier molecular flexibility index (Phi) is 3.72. The number of carbonyl (C=O) groups excluding carboxylic acids is 1. The number of nitriles is 1. The van der Waals surface area contributed by atoms with Crippen LogP contribution in [-0.4, -0.2) is 44.6 Å². The third-order valence-electron chi connectivity index (χ3n) is 3.47. The van der Waals surface area contributed by atoms with E-state index >= 15 is 0 Å². The lowest BCUT2D eigenvalue weighted by molar-refractivity contribution is -0.168. The summed E-state index contributed by atoms with van der Waals surface area (Å²) in [6.45, 7) is 0.0671. The van der Waals surface area contributed by atoms with E-state index in [4.69, 9.17) is 14.8 Å². The quantitative estimate of drug-likeness (QED) is 0.744. The highest BCUT2D eigenvalue weighted by molar-refractivity contribution is 6.04. The van der Waals surface area contributed by atoms with Gasteiger partial charge in [-0.3, -0.25) is 0 Å². The fourth-order valence-electron chi connectivity index (χ4n) is 2.36. The summed E-state index contributed by atoms with van der Waals surface area (Å²) in [4.78, 5) is 17.6. The van der Waals surface area contributed by atoms with Crippen LogP contribution < -0.4 is 0 Å². The normalized spacial score (nSPS) is 19.6. The Morgan fingerprint density at radius 3 is 3.13 bits per heavy atom. The van der Waals surface area contributed by atoms with Gasteiger partial charge in [-0.25, -0.2) is 9.48 Å². The zero-order chi connectivity index (χ0) is 16.3. The van der Waals surface area contributed by atoms with E-state index in [-0.39, 0.29) is 13.0 Å². The van der Waals surface area contributed by atoms with Gasteiger partial charge in [-0.1, -0.05) is 17.3 Å². The zero-order valence-corrected chi connectivity index (χ0v) is 12.2. The van der Waals surface area contributed by atoms with Gasteiger partial charge in [0.15, 0.2) is 0 Å². The minimum atomic E-state index is -1.33. The van der Waals surface area contributed by atoms with Crippen LogP contribution in [0.25, 0.3) is 0 Å². The molecule has 1 aliphatic heterocycles. The summed E-state index contributed by atoms with van der Waals surface area (Å²) in [5.74, 6) is -0.566. The van der Waals surface area contributed by atoms with E-state index in [1.807, 2.05) is 0 Å². The highest BCUT2D eigenvalue weighted by Crippen LogP contribution is 2.30. The van der Waals surface area contributed by atoms with Crippen molar-refractivity contribution in [1.29, 1.82) is 5.26 Å². The molecule has 1 aromatic carbocycles. The molecule has 23 heavy (non-hydrogen) atoms. The van der Waals surface area contributed by atoms with Gasteiger partial charge in [0.1, 0.15) is 6.33 Å². The molecule has 1 unspecified atom stereocenters. The monoisotopic (exact) mass is 312 g/mol. The van der Waals surface area contributed by atoms with E-state index in [0.29, 0.717) is 16.8 Å². The standard InChI is InChI=1S/C14H12N6O3/c1-22-13(21)14(8-20-9-16-18-19-20)6-12(17-23-14)11-4-2-3-10(5-11)7-15/h2-5,9H,6,8H2,1H3. The molecule has 0 saturated heterocycles. The first-order valence-corrected chi connectivity index (χ1v) is 6.72. The highest BCUT2D eigenvalue weighted by Gasteiger charge is 2.49. The molecule has 2 aromatic rings. The Morgan fingerprint density at radius 2 is 2.43 bits per heavy atom. The molecule has 0 aliphatic carbocycles. The van der Waals surface area contributed by atoms with Crippen LogP contribution in [0.3, 0.4) is 0 Å². The number of hydrogen-bond donors (Lipinski definition) is 0. The molecule has 1 aliphatic rings. The molecule has 0 spiro atoms. The predicted octanol–water partition coefficient (Wildman–Crippen LogP) is 0.281. The summed E-state index contributed by atoms with van der Waals surface area (Å²) in [7, 11) is 1.28. The number of esters is 1. The van der Waals surface area contributed by atoms with Crippen LogP contribution in [0.4, 0.5) is 0 Å². The van der Waals surface area contributed by atoms with Gasteiger partial charge in [0, 0.05) is 12.0 Å². The minimum Gasteiger partial charge on any atom is -0.466 e. The summed E-state index contributed by atoms with van der Waals surface area (Å²) < 4.78 is 6.22. The second-order valence-corrected chi connectivity index (χ2v) is 4.99. The fraction of sp³-hybridized carbons (Fsp3) is 0.286. The predicted molar refractivity (Wildman–Crippen MR) is 76.0 cm³/mol. The number of carbonyl (C=O) groups is 1. The van der Waals surface area contributed by atoms with E-state index in [0.717, 1.165) is 0 Å². The Bertz CT molecular complexity index is 795. The third kappa shape index (κ3) is 2.74. The lowest BCUT2D eigenvalue weighted by atomic mass is 9.93. The Balaban J connectivity index is 1.88. The van der Waals surface area contributed by atoms with Gasteiger partial charge in [0.25, 0.3) is 5.60 Å². The third-order valence-corrected chi connectivity index (χ3v) is 3.47. The molecule has 3 rings (SSSR count). The second-order valence-electron chi connectivity index (χ2n) is 4.99. The number of benzene rings is 1. The lowest BCUT2D eigenvalue weighted by Gasteiger charge is -2.22. The molecule has 0 radical (unpaired) electrons. The van der Waals surface area contributed by atoms with Crippen LogP contribution >= 0.6 is 0 Å². The van der Waals surface area contributed by atoms with Crippen LogP contribution in [0.15, 0.2) is 35.7 Å². The first-order chi connectivity index (χ1) is 11.2. The van der Waals surface area contributed by atoms with E-state index in [1.165, 1.54) is 18.1 Å². The average molecular weight is 312 g/mol. The Hall–Kier alpha value is -3.28. The van der Waals surface area contributed by atoms with Gasteiger partial charge in [0.05, 0.1) is 31.0 Å². The molecule has 2 heterocycles. The van der Waals surface area contributed by atoms with Crippen molar-refractivity contribution in [1.82, 2.24) is 20.2 Å². The maximum atomic E-state index is 12.2. The number of aromatic nitrogens is 4. The maximum Gasteiger partial charge on any atom is 0.355 e. The van der Waals surface area contributed by atoms with Crippen molar-refractivity contribution in [3.63, 3.8) is 0 Å². The van der Waals surface area contributed by atoms with Crippen LogP contribution in [0.2, 0.25) is 0 Å². The largest absolute Gasteiger partial charge is 0.466 e. The van der Waals surface area contributed by atoms with Gasteiger partial charge in [-0.15, -0.1) is 5.10 Å². The van der Waals surface area contributed by atoms with Crippen molar-refractivity contribution >= 4 is 11.7 Å². The van der Waals surface area contributed by atoms with Crippen molar-refractivity contribution in [2.45, 2.75) is 18.6 Å². The molecule has 0 fully saturated rings. The van der Waals surface area contributed by atoms with Gasteiger partial charge in [0.2, 0.25) is 0 Å². The molecular formula is C14H12N6O3. The maximum absolute atomic E-state index is 12.2. The summed E-state index contributed by atoms with van der Waals surface area (Å²) >= 11 is 0. The minimum absolute atomic E-state index is 0.0671. The van der Waals surface area contributed by atoms with Crippen molar-refractivity contribution in [3.8, 4) is 6.07 Å². The number of hydrogen-bond acceptors (Lipinski definition) is 8. The van der Waals surface area contributed by atoms with Crippen molar-refractivity contribution in [2.24, 2.45) is 5.16 Å².